The molecule has 0 fully saturated rings. The Labute approximate surface area is 99.6 Å². The number of nitrogens with zero attached hydrogens (tertiary/aromatic N) is 3. The highest BCUT2D eigenvalue weighted by atomic mass is 16.5. The van der Waals surface area contributed by atoms with E-state index in [1.807, 2.05) is 6.92 Å². The zero-order valence-electron chi connectivity index (χ0n) is 10.3. The minimum Gasteiger partial charge on any atom is -0.464 e. The maximum Gasteiger partial charge on any atom is 0.360 e. The number of carbonyl (C=O) groups excluding carboxylic acids is 1. The Kier molecular flexibility index (Phi) is 5.58. The van der Waals surface area contributed by atoms with Crippen LogP contribution in [0.5, 0.6) is 0 Å². The third-order valence-corrected chi connectivity index (χ3v) is 2.15. The number of hydrogen-bond donors (Lipinski definition) is 0. The highest BCUT2D eigenvalue weighted by Gasteiger charge is 2.19. The van der Waals surface area contributed by atoms with Crippen LogP contribution < -0.4 is 0 Å². The van der Waals surface area contributed by atoms with Crippen molar-refractivity contribution in [3.63, 3.8) is 0 Å². The lowest BCUT2D eigenvalue weighted by Crippen LogP contribution is -2.13. The van der Waals surface area contributed by atoms with E-state index >= 15 is 0 Å². The molecule has 17 heavy (non-hydrogen) atoms. The summed E-state index contributed by atoms with van der Waals surface area (Å²) in [5.41, 5.74) is 0.782. The van der Waals surface area contributed by atoms with Gasteiger partial charge in [-0.05, 0) is 6.92 Å². The van der Waals surface area contributed by atoms with E-state index in [0.717, 1.165) is 0 Å². The first-order chi connectivity index (χ1) is 8.24. The third kappa shape index (κ3) is 3.50. The lowest BCUT2D eigenvalue weighted by Gasteiger charge is -2.06. The maximum absolute atomic E-state index is 11.4. The van der Waals surface area contributed by atoms with Crippen LogP contribution in [0.4, 0.5) is 0 Å². The monoisotopic (exact) mass is 243 g/mol. The Hall–Kier alpha value is -1.47. The van der Waals surface area contributed by atoms with Gasteiger partial charge >= 0.3 is 5.97 Å². The van der Waals surface area contributed by atoms with Gasteiger partial charge in [0.25, 0.3) is 0 Å². The van der Waals surface area contributed by atoms with Gasteiger partial charge in [0, 0.05) is 13.7 Å². The topological polar surface area (TPSA) is 75.5 Å². The molecule has 1 heterocycles. The minimum atomic E-state index is -0.514. The van der Waals surface area contributed by atoms with Crippen molar-refractivity contribution in [2.24, 2.45) is 0 Å². The summed E-state index contributed by atoms with van der Waals surface area (Å²) in [5, 5.41) is 7.67. The second kappa shape index (κ2) is 6.97. The zero-order chi connectivity index (χ0) is 12.7. The molecule has 1 aromatic rings. The molecule has 0 saturated carbocycles. The Balaban J connectivity index is 2.82. The zero-order valence-corrected chi connectivity index (χ0v) is 10.3. The van der Waals surface area contributed by atoms with E-state index in [9.17, 15) is 4.79 Å². The first kappa shape index (κ1) is 13.6. The number of rotatable bonds is 7. The maximum atomic E-state index is 11.4. The van der Waals surface area contributed by atoms with Gasteiger partial charge in [-0.25, -0.2) is 9.48 Å². The smallest absolute Gasteiger partial charge is 0.360 e. The van der Waals surface area contributed by atoms with E-state index in [0.29, 0.717) is 25.5 Å². The molecule has 0 atom stereocenters. The summed E-state index contributed by atoms with van der Waals surface area (Å²) in [6.45, 7) is 3.84. The number of ether oxygens (including phenoxy) is 3. The van der Waals surface area contributed by atoms with Crippen LogP contribution in [0.1, 0.15) is 23.1 Å². The van der Waals surface area contributed by atoms with Gasteiger partial charge in [-0.3, -0.25) is 0 Å². The molecule has 1 rings (SSSR count). The van der Waals surface area contributed by atoms with E-state index in [-0.39, 0.29) is 12.3 Å². The molecule has 0 aromatic carbocycles. The molecule has 0 N–H and O–H groups in total. The predicted octanol–water partition coefficient (Wildman–Crippen LogP) is 0.248. The highest BCUT2D eigenvalue weighted by molar-refractivity contribution is 5.88. The van der Waals surface area contributed by atoms with Crippen LogP contribution >= 0.6 is 0 Å². The van der Waals surface area contributed by atoms with Crippen LogP contribution in [0.3, 0.4) is 0 Å². The normalized spacial score (nSPS) is 10.5. The van der Waals surface area contributed by atoms with E-state index < -0.39 is 5.97 Å². The number of carbonyl (C=O) groups is 1. The highest BCUT2D eigenvalue weighted by Crippen LogP contribution is 2.08. The van der Waals surface area contributed by atoms with Crippen molar-refractivity contribution in [1.29, 1.82) is 0 Å². The molecule has 0 spiro atoms. The summed E-state index contributed by atoms with van der Waals surface area (Å²) in [4.78, 5) is 11.4. The molecule has 96 valence electrons. The van der Waals surface area contributed by atoms with E-state index in [1.165, 1.54) is 7.11 Å². The average Bonchev–Trinajstić information content (AvgIpc) is 2.73. The third-order valence-electron chi connectivity index (χ3n) is 2.15. The number of hydrogen-bond acceptors (Lipinski definition) is 6. The van der Waals surface area contributed by atoms with Gasteiger partial charge in [0.2, 0.25) is 0 Å². The van der Waals surface area contributed by atoms with Crippen LogP contribution in [-0.2, 0) is 27.4 Å². The van der Waals surface area contributed by atoms with E-state index in [2.05, 4.69) is 15.0 Å². The lowest BCUT2D eigenvalue weighted by molar-refractivity contribution is 0.0588. The van der Waals surface area contributed by atoms with Crippen LogP contribution in [0.25, 0.3) is 0 Å². The Morgan fingerprint density at radius 1 is 1.41 bits per heavy atom. The molecule has 7 nitrogen and oxygen atoms in total. The largest absolute Gasteiger partial charge is 0.464 e. The second-order valence-corrected chi connectivity index (χ2v) is 3.23. The lowest BCUT2D eigenvalue weighted by atomic mass is 10.3. The van der Waals surface area contributed by atoms with Gasteiger partial charge in [-0.2, -0.15) is 0 Å². The van der Waals surface area contributed by atoms with Gasteiger partial charge in [0.15, 0.2) is 5.69 Å². The summed E-state index contributed by atoms with van der Waals surface area (Å²) in [6.07, 6.45) is 0. The second-order valence-electron chi connectivity index (χ2n) is 3.23. The van der Waals surface area contributed by atoms with Crippen molar-refractivity contribution in [2.75, 3.05) is 27.4 Å². The molecule has 1 aromatic heterocycles. The number of methoxy groups -OCH3 is 2. The van der Waals surface area contributed by atoms with Crippen LogP contribution in [0.15, 0.2) is 0 Å². The fraction of sp³-hybridized carbons (Fsp3) is 0.700. The van der Waals surface area contributed by atoms with Crippen molar-refractivity contribution in [3.05, 3.63) is 11.4 Å². The minimum absolute atomic E-state index is 0.186. The summed E-state index contributed by atoms with van der Waals surface area (Å²) in [5.74, 6) is -0.514. The SMILES string of the molecule is CCOCCn1nnc(C(=O)OC)c1COC. The summed E-state index contributed by atoms with van der Waals surface area (Å²) in [6, 6.07) is 0. The van der Waals surface area contributed by atoms with Crippen LogP contribution in [0.2, 0.25) is 0 Å². The summed E-state index contributed by atoms with van der Waals surface area (Å²) < 4.78 is 16.4. The molecule has 0 bridgehead atoms. The number of aromatic nitrogens is 3. The van der Waals surface area contributed by atoms with Gasteiger partial charge in [-0.15, -0.1) is 5.10 Å². The first-order valence-corrected chi connectivity index (χ1v) is 5.31. The molecule has 0 aliphatic carbocycles. The molecule has 0 radical (unpaired) electrons. The Morgan fingerprint density at radius 2 is 2.18 bits per heavy atom. The molecule has 0 amide bonds. The van der Waals surface area contributed by atoms with E-state index in [1.54, 1.807) is 11.8 Å². The van der Waals surface area contributed by atoms with Crippen molar-refractivity contribution in [3.8, 4) is 0 Å². The van der Waals surface area contributed by atoms with Crippen LogP contribution in [0, 0.1) is 0 Å². The fourth-order valence-corrected chi connectivity index (χ4v) is 1.34. The van der Waals surface area contributed by atoms with Gasteiger partial charge < -0.3 is 14.2 Å². The average molecular weight is 243 g/mol. The summed E-state index contributed by atoms with van der Waals surface area (Å²) >= 11 is 0. The molecule has 0 unspecified atom stereocenters. The fourth-order valence-electron chi connectivity index (χ4n) is 1.34. The van der Waals surface area contributed by atoms with Gasteiger partial charge in [0.1, 0.15) is 0 Å². The number of esters is 1. The molecule has 0 aliphatic rings. The standard InChI is InChI=1S/C10H17N3O4/c1-4-17-6-5-13-8(7-15-2)9(11-12-13)10(14)16-3/h4-7H2,1-3H3. The van der Waals surface area contributed by atoms with Crippen molar-refractivity contribution in [2.45, 2.75) is 20.1 Å². The Bertz CT molecular complexity index is 364. The van der Waals surface area contributed by atoms with Crippen molar-refractivity contribution < 1.29 is 19.0 Å². The molecule has 7 heteroatoms. The molecule has 0 aliphatic heterocycles. The molecular formula is C10H17N3O4. The van der Waals surface area contributed by atoms with Gasteiger partial charge in [-0.1, -0.05) is 5.21 Å². The van der Waals surface area contributed by atoms with Crippen molar-refractivity contribution in [1.82, 2.24) is 15.0 Å². The summed E-state index contributed by atoms with van der Waals surface area (Å²) in [7, 11) is 2.85. The van der Waals surface area contributed by atoms with Crippen LogP contribution in [-0.4, -0.2) is 48.4 Å². The van der Waals surface area contributed by atoms with Gasteiger partial charge in [0.05, 0.1) is 32.6 Å². The quantitative estimate of drug-likeness (QED) is 0.504. The van der Waals surface area contributed by atoms with Crippen molar-refractivity contribution >= 4 is 5.97 Å². The molecular weight excluding hydrogens is 226 g/mol. The first-order valence-electron chi connectivity index (χ1n) is 5.31. The van der Waals surface area contributed by atoms with E-state index in [4.69, 9.17) is 9.47 Å². The molecule has 0 saturated heterocycles. The Morgan fingerprint density at radius 3 is 2.76 bits per heavy atom. The predicted molar refractivity (Wildman–Crippen MR) is 58.6 cm³/mol.